The maximum Gasteiger partial charge on any atom is 0.407 e. The van der Waals surface area contributed by atoms with Gasteiger partial charge in [-0.2, -0.15) is 0 Å². The highest BCUT2D eigenvalue weighted by atomic mass is 32.2. The second kappa shape index (κ2) is 22.5. The number of ketones is 1. The Kier molecular flexibility index (Phi) is 17.2. The normalized spacial score (nSPS) is 18.0. The first-order valence-electron chi connectivity index (χ1n) is 21.6. The number of ether oxygens (including phenoxy) is 2. The zero-order valence-corrected chi connectivity index (χ0v) is 37.6. The lowest BCUT2D eigenvalue weighted by Gasteiger charge is -2.34. The van der Waals surface area contributed by atoms with Crippen molar-refractivity contribution < 1.29 is 55.9 Å². The predicted octanol–water partition coefficient (Wildman–Crippen LogP) is 1.69. The van der Waals surface area contributed by atoms with Gasteiger partial charge in [-0.1, -0.05) is 76.8 Å². The highest BCUT2D eigenvalue weighted by Gasteiger charge is 2.46. The molecular weight excluding hydrogens is 867 g/mol. The topological polar surface area (TPSA) is 292 Å². The molecule has 2 heterocycles. The van der Waals surface area contributed by atoms with Gasteiger partial charge in [0.15, 0.2) is 0 Å². The molecule has 5 rings (SSSR count). The fourth-order valence-corrected chi connectivity index (χ4v) is 9.26. The van der Waals surface area contributed by atoms with Gasteiger partial charge in [-0.05, 0) is 61.3 Å². The Morgan fingerprint density at radius 1 is 0.938 bits per heavy atom. The van der Waals surface area contributed by atoms with Crippen LogP contribution in [0, 0.1) is 11.8 Å². The number of fused-ring (bicyclic) bond motifs is 1. The van der Waals surface area contributed by atoms with Gasteiger partial charge in [0.2, 0.25) is 39.4 Å². The van der Waals surface area contributed by atoms with Crippen LogP contribution in [0.15, 0.2) is 68.7 Å². The number of carbonyl (C=O) groups is 7. The second-order valence-corrected chi connectivity index (χ2v) is 18.3. The van der Waals surface area contributed by atoms with Gasteiger partial charge in [0.05, 0.1) is 42.7 Å². The number of hydrogen-bond acceptors (Lipinski definition) is 13. The van der Waals surface area contributed by atoms with Crippen LogP contribution in [0.1, 0.15) is 83.7 Å². The minimum atomic E-state index is -4.39. The number of carbonyl (C=O) groups excluding carboxylic acids is 7. The number of methoxy groups -OCH3 is 1. The Morgan fingerprint density at radius 2 is 1.65 bits per heavy atom. The second-order valence-electron chi connectivity index (χ2n) is 16.6. The number of hydrogen-bond donors (Lipinski definition) is 6. The molecule has 2 unspecified atom stereocenters. The number of nitrogens with one attached hydrogen (secondary N) is 5. The molecule has 20 nitrogen and oxygen atoms in total. The van der Waals surface area contributed by atoms with Gasteiger partial charge >= 0.3 is 11.7 Å². The molecule has 1 saturated carbocycles. The molecule has 2 aliphatic rings. The van der Waals surface area contributed by atoms with Crippen molar-refractivity contribution in [1.29, 1.82) is 0 Å². The van der Waals surface area contributed by atoms with Crippen LogP contribution in [0.2, 0.25) is 0 Å². The third-order valence-corrected chi connectivity index (χ3v) is 12.7. The summed E-state index contributed by atoms with van der Waals surface area (Å²) < 4.78 is 46.3. The number of rotatable bonds is 20. The highest BCUT2D eigenvalue weighted by molar-refractivity contribution is 7.89. The first-order chi connectivity index (χ1) is 30.9. The summed E-state index contributed by atoms with van der Waals surface area (Å²) in [5, 5.41) is 10.1. The number of alkyl carbamates (subject to hydrolysis) is 1. The summed E-state index contributed by atoms with van der Waals surface area (Å²) in [4.78, 5) is 107. The first-order valence-corrected chi connectivity index (χ1v) is 23.0. The predicted molar refractivity (Wildman–Crippen MR) is 234 cm³/mol. The van der Waals surface area contributed by atoms with Gasteiger partial charge in [0, 0.05) is 12.6 Å². The van der Waals surface area contributed by atoms with E-state index in [0.717, 1.165) is 25.3 Å². The van der Waals surface area contributed by atoms with Crippen molar-refractivity contribution in [1.82, 2.24) is 30.9 Å². The number of Topliss-reactive ketones (excluding diaryl/α,β-unsaturated/α-hetero) is 1. The number of amides is 6. The molecule has 0 bridgehead atoms. The SMILES string of the molecule is CCCC(NC(=O)C1C[C@H](NS(=O)(=O)c2ccc3oc(=O)cc(OC)c3c2)CN1C(=O)[C@H](NC(=O)OCC(C)C)C1CCCCC1)C(=O)C(=O)NCC(=O)N[C@@H](C(N)=O)c1ccccc1. The van der Waals surface area contributed by atoms with E-state index in [1.54, 1.807) is 37.3 Å². The fourth-order valence-electron chi connectivity index (χ4n) is 8.00. The summed E-state index contributed by atoms with van der Waals surface area (Å²) in [7, 11) is -3.08. The summed E-state index contributed by atoms with van der Waals surface area (Å²) in [6, 6.07) is 6.70. The highest BCUT2D eigenvalue weighted by Crippen LogP contribution is 2.31. The van der Waals surface area contributed by atoms with Crippen molar-refractivity contribution in [3.8, 4) is 5.75 Å². The van der Waals surface area contributed by atoms with Crippen LogP contribution in [0.3, 0.4) is 0 Å². The quantitative estimate of drug-likeness (QED) is 0.0696. The molecule has 0 spiro atoms. The molecule has 65 heavy (non-hydrogen) atoms. The largest absolute Gasteiger partial charge is 0.496 e. The molecule has 21 heteroatoms. The van der Waals surface area contributed by atoms with E-state index in [9.17, 15) is 46.8 Å². The fraction of sp³-hybridized carbons (Fsp3) is 0.500. The maximum absolute atomic E-state index is 14.7. The van der Waals surface area contributed by atoms with Crippen LogP contribution < -0.4 is 42.1 Å². The van der Waals surface area contributed by atoms with E-state index < -0.39 is 93.8 Å². The number of likely N-dealkylation sites (tertiary alicyclic amines) is 1. The number of benzene rings is 2. The number of nitrogens with zero attached hydrogens (tertiary/aromatic N) is 1. The zero-order valence-electron chi connectivity index (χ0n) is 36.8. The minimum Gasteiger partial charge on any atom is -0.496 e. The van der Waals surface area contributed by atoms with Crippen molar-refractivity contribution in [2.24, 2.45) is 17.6 Å². The van der Waals surface area contributed by atoms with Crippen LogP contribution in [0.25, 0.3) is 11.0 Å². The third-order valence-electron chi connectivity index (χ3n) is 11.2. The van der Waals surface area contributed by atoms with Crippen molar-refractivity contribution in [3.63, 3.8) is 0 Å². The molecule has 3 aromatic rings. The number of primary amides is 1. The molecule has 5 atom stereocenters. The Labute approximate surface area is 376 Å². The Hall–Kier alpha value is -6.35. The monoisotopic (exact) mass is 923 g/mol. The average Bonchev–Trinajstić information content (AvgIpc) is 3.70. The Morgan fingerprint density at radius 3 is 2.29 bits per heavy atom. The number of nitrogens with two attached hydrogens (primary N) is 1. The summed E-state index contributed by atoms with van der Waals surface area (Å²) in [5.41, 5.74) is 5.25. The molecule has 2 aromatic carbocycles. The van der Waals surface area contributed by atoms with E-state index in [1.165, 1.54) is 30.2 Å². The standard InChI is InChI=1S/C44H57N7O13S/c1-5-12-31(39(54)42(57)46-22-35(52)48-37(40(45)55)26-13-8-6-9-14-26)47-41(56)32-19-28(50-65(60,61)29-17-18-33-30(20-29)34(62-4)21-36(53)64-33)23-51(32)43(58)38(27-15-10-7-11-16-27)49-44(59)63-24-25(2)3/h6,8-9,13-14,17-18,20-21,25,27-28,31-32,37-38,50H,5,7,10-12,15-16,19,22-24H2,1-4H3,(H2,45,55)(H,46,57)(H,47,56)(H,48,52)(H,49,59)/t28-,31?,32?,37+,38+/m0/s1. The smallest absolute Gasteiger partial charge is 0.407 e. The molecule has 1 aliphatic carbocycles. The number of sulfonamides is 1. The van der Waals surface area contributed by atoms with E-state index in [2.05, 4.69) is 26.0 Å². The van der Waals surface area contributed by atoms with E-state index >= 15 is 0 Å². The van der Waals surface area contributed by atoms with E-state index in [0.29, 0.717) is 24.8 Å². The summed E-state index contributed by atoms with van der Waals surface area (Å²) in [6.07, 6.45) is 2.83. The lowest BCUT2D eigenvalue weighted by atomic mass is 9.83. The van der Waals surface area contributed by atoms with Gasteiger partial charge in [0.25, 0.3) is 5.91 Å². The van der Waals surface area contributed by atoms with Crippen LogP contribution in [-0.4, -0.2) is 106 Å². The van der Waals surface area contributed by atoms with Crippen LogP contribution in [-0.2, 0) is 43.5 Å². The third kappa shape index (κ3) is 13.1. The molecule has 1 aromatic heterocycles. The molecule has 6 amide bonds. The van der Waals surface area contributed by atoms with Crippen LogP contribution >= 0.6 is 0 Å². The van der Waals surface area contributed by atoms with Gasteiger partial charge in [-0.15, -0.1) is 0 Å². The van der Waals surface area contributed by atoms with Crippen LogP contribution in [0.5, 0.6) is 5.75 Å². The van der Waals surface area contributed by atoms with Crippen LogP contribution in [0.4, 0.5) is 4.79 Å². The van der Waals surface area contributed by atoms with Crippen molar-refractivity contribution in [2.45, 2.75) is 107 Å². The molecule has 0 radical (unpaired) electrons. The van der Waals surface area contributed by atoms with Crippen molar-refractivity contribution in [3.05, 3.63) is 70.6 Å². The molecule has 7 N–H and O–H groups in total. The molecular formula is C44H57N7O13S. The Balaban J connectivity index is 1.38. The average molecular weight is 924 g/mol. The zero-order chi connectivity index (χ0) is 47.4. The van der Waals surface area contributed by atoms with Gasteiger partial charge in [-0.25, -0.2) is 22.7 Å². The molecule has 352 valence electrons. The first kappa shape index (κ1) is 49.7. The maximum atomic E-state index is 14.7. The van der Waals surface area contributed by atoms with Crippen molar-refractivity contribution in [2.75, 3.05) is 26.8 Å². The molecule has 1 saturated heterocycles. The lowest BCUT2D eigenvalue weighted by molar-refractivity contribution is -0.143. The van der Waals surface area contributed by atoms with E-state index in [4.69, 9.17) is 19.6 Å². The lowest BCUT2D eigenvalue weighted by Crippen LogP contribution is -2.58. The van der Waals surface area contributed by atoms with Crippen molar-refractivity contribution >= 4 is 62.4 Å². The van der Waals surface area contributed by atoms with Gasteiger partial charge in [0.1, 0.15) is 29.5 Å². The van der Waals surface area contributed by atoms with Gasteiger partial charge in [-0.3, -0.25) is 28.8 Å². The minimum absolute atomic E-state index is 0.000826. The summed E-state index contributed by atoms with van der Waals surface area (Å²) in [5.74, 6) is -5.81. The summed E-state index contributed by atoms with van der Waals surface area (Å²) in [6.45, 7) is 4.44. The van der Waals surface area contributed by atoms with Gasteiger partial charge < -0.3 is 45.8 Å². The molecule has 2 fully saturated rings. The Bertz CT molecular complexity index is 2400. The van der Waals surface area contributed by atoms with E-state index in [1.807, 2.05) is 13.8 Å². The summed E-state index contributed by atoms with van der Waals surface area (Å²) >= 11 is 0. The molecule has 1 aliphatic heterocycles. The van der Waals surface area contributed by atoms with E-state index in [-0.39, 0.29) is 59.4 Å².